The van der Waals surface area contributed by atoms with Gasteiger partial charge in [0, 0.05) is 33.6 Å². The van der Waals surface area contributed by atoms with Crippen molar-refractivity contribution in [2.24, 2.45) is 0 Å². The normalized spacial score (nSPS) is 34.3. The molecule has 1 fully saturated rings. The summed E-state index contributed by atoms with van der Waals surface area (Å²) < 4.78 is 10.6. The van der Waals surface area contributed by atoms with Crippen LogP contribution in [0.1, 0.15) is 6.42 Å². The second-order valence-electron chi connectivity index (χ2n) is 3.34. The molecule has 1 aliphatic heterocycles. The molecule has 0 unspecified atom stereocenters. The van der Waals surface area contributed by atoms with Crippen LogP contribution >= 0.6 is 0 Å². The van der Waals surface area contributed by atoms with Gasteiger partial charge in [0.15, 0.2) is 0 Å². The molecule has 0 aromatic heterocycles. The lowest BCUT2D eigenvalue weighted by Crippen LogP contribution is -2.23. The Labute approximate surface area is 80.5 Å². The molecule has 0 saturated carbocycles. The molecule has 74 valence electrons. The summed E-state index contributed by atoms with van der Waals surface area (Å²) in [6.45, 7) is 0.528. The van der Waals surface area contributed by atoms with Crippen LogP contribution in [0.4, 0.5) is 0 Å². The minimum absolute atomic E-state index is 0.00392. The van der Waals surface area contributed by atoms with Gasteiger partial charge in [0.1, 0.15) is 7.85 Å². The second kappa shape index (κ2) is 4.95. The van der Waals surface area contributed by atoms with E-state index in [0.717, 1.165) is 6.42 Å². The molecular weight excluding hydrogens is 169 g/mol. The standard InChI is InChI=1S/C8H16BNO3/c1-10(2)12-5-6-4-7(11-3)8(9)13-6/h6-8H,4-5H2,1-3H3/t6-,7+,8+/m0/s1. The molecule has 1 saturated heterocycles. The van der Waals surface area contributed by atoms with Gasteiger partial charge in [-0.15, -0.1) is 0 Å². The second-order valence-corrected chi connectivity index (χ2v) is 3.34. The summed E-state index contributed by atoms with van der Waals surface area (Å²) in [7, 11) is 11.0. The first-order valence-electron chi connectivity index (χ1n) is 4.37. The zero-order chi connectivity index (χ0) is 9.84. The Morgan fingerprint density at radius 1 is 1.54 bits per heavy atom. The van der Waals surface area contributed by atoms with E-state index in [4.69, 9.17) is 22.2 Å². The van der Waals surface area contributed by atoms with E-state index in [2.05, 4.69) is 0 Å². The number of hydrogen-bond donors (Lipinski definition) is 0. The van der Waals surface area contributed by atoms with Gasteiger partial charge in [-0.25, -0.2) is 0 Å². The number of ether oxygens (including phenoxy) is 2. The lowest BCUT2D eigenvalue weighted by Gasteiger charge is -2.14. The van der Waals surface area contributed by atoms with Crippen LogP contribution in [0.2, 0.25) is 0 Å². The minimum atomic E-state index is -0.319. The number of hydroxylamine groups is 2. The molecule has 4 nitrogen and oxygen atoms in total. The van der Waals surface area contributed by atoms with Gasteiger partial charge in [-0.3, -0.25) is 4.84 Å². The molecule has 2 radical (unpaired) electrons. The fraction of sp³-hybridized carbons (Fsp3) is 1.00. The van der Waals surface area contributed by atoms with E-state index in [0.29, 0.717) is 6.61 Å². The molecule has 0 bridgehead atoms. The quantitative estimate of drug-likeness (QED) is 0.447. The molecule has 1 aliphatic rings. The van der Waals surface area contributed by atoms with Gasteiger partial charge in [0.05, 0.1) is 18.8 Å². The molecule has 0 aromatic rings. The van der Waals surface area contributed by atoms with E-state index in [9.17, 15) is 0 Å². The van der Waals surface area contributed by atoms with E-state index >= 15 is 0 Å². The SMILES string of the molecule is [B][C@@H]1O[C@H](CON(C)C)C[C@H]1OC. The Balaban J connectivity index is 2.23. The third-order valence-electron chi connectivity index (χ3n) is 2.03. The van der Waals surface area contributed by atoms with E-state index in [-0.39, 0.29) is 18.2 Å². The highest BCUT2D eigenvalue weighted by molar-refractivity contribution is 6.11. The van der Waals surface area contributed by atoms with Crippen molar-refractivity contribution in [1.82, 2.24) is 5.06 Å². The Hall–Kier alpha value is -0.0951. The van der Waals surface area contributed by atoms with Gasteiger partial charge in [0.25, 0.3) is 0 Å². The van der Waals surface area contributed by atoms with Crippen molar-refractivity contribution >= 4 is 7.85 Å². The maximum absolute atomic E-state index is 5.67. The molecule has 0 spiro atoms. The van der Waals surface area contributed by atoms with Crippen LogP contribution in [0.5, 0.6) is 0 Å². The molecule has 1 heterocycles. The summed E-state index contributed by atoms with van der Waals surface area (Å²) in [5.41, 5.74) is 0. The number of methoxy groups -OCH3 is 1. The number of hydrogen-bond acceptors (Lipinski definition) is 4. The van der Waals surface area contributed by atoms with Gasteiger partial charge in [-0.1, -0.05) is 0 Å². The van der Waals surface area contributed by atoms with Gasteiger partial charge < -0.3 is 9.47 Å². The molecule has 0 aliphatic carbocycles. The molecular formula is C8H16BNO3. The highest BCUT2D eigenvalue weighted by Crippen LogP contribution is 2.20. The fourth-order valence-corrected chi connectivity index (χ4v) is 1.33. The summed E-state index contributed by atoms with van der Waals surface area (Å²) in [6, 6.07) is -0.319. The van der Waals surface area contributed by atoms with Crippen LogP contribution in [-0.2, 0) is 14.3 Å². The van der Waals surface area contributed by atoms with Crippen LogP contribution in [0.15, 0.2) is 0 Å². The van der Waals surface area contributed by atoms with E-state index in [1.165, 1.54) is 0 Å². The Kier molecular flexibility index (Phi) is 4.19. The molecule has 0 aromatic carbocycles. The first-order chi connectivity index (χ1) is 6.13. The molecule has 13 heavy (non-hydrogen) atoms. The third kappa shape index (κ3) is 3.27. The van der Waals surface area contributed by atoms with Crippen molar-refractivity contribution in [3.8, 4) is 0 Å². The van der Waals surface area contributed by atoms with Gasteiger partial charge >= 0.3 is 0 Å². The van der Waals surface area contributed by atoms with Gasteiger partial charge in [-0.2, -0.15) is 5.06 Å². The van der Waals surface area contributed by atoms with Crippen molar-refractivity contribution in [3.63, 3.8) is 0 Å². The van der Waals surface area contributed by atoms with Gasteiger partial charge in [-0.05, 0) is 0 Å². The number of rotatable bonds is 4. The molecule has 1 rings (SSSR count). The lowest BCUT2D eigenvalue weighted by atomic mass is 9.94. The molecule has 5 heteroatoms. The maximum atomic E-state index is 5.67. The van der Waals surface area contributed by atoms with E-state index < -0.39 is 0 Å². The highest BCUT2D eigenvalue weighted by Gasteiger charge is 2.31. The third-order valence-corrected chi connectivity index (χ3v) is 2.03. The van der Waals surface area contributed by atoms with Crippen LogP contribution in [0.25, 0.3) is 0 Å². The van der Waals surface area contributed by atoms with Crippen molar-refractivity contribution in [2.45, 2.75) is 24.6 Å². The maximum Gasteiger partial charge on any atom is 0.112 e. The monoisotopic (exact) mass is 185 g/mol. The smallest absolute Gasteiger partial charge is 0.112 e. The van der Waals surface area contributed by atoms with Crippen molar-refractivity contribution in [3.05, 3.63) is 0 Å². The van der Waals surface area contributed by atoms with Crippen molar-refractivity contribution < 1.29 is 14.3 Å². The molecule has 0 N–H and O–H groups in total. The van der Waals surface area contributed by atoms with Crippen LogP contribution in [0.3, 0.4) is 0 Å². The summed E-state index contributed by atoms with van der Waals surface area (Å²) in [5, 5.41) is 1.65. The fourth-order valence-electron chi connectivity index (χ4n) is 1.33. The first-order valence-corrected chi connectivity index (χ1v) is 4.37. The van der Waals surface area contributed by atoms with E-state index in [1.807, 2.05) is 14.1 Å². The molecule has 3 atom stereocenters. The predicted octanol–water partition coefficient (Wildman–Crippen LogP) is -0.222. The van der Waals surface area contributed by atoms with Crippen LogP contribution < -0.4 is 0 Å². The van der Waals surface area contributed by atoms with Crippen LogP contribution in [-0.4, -0.2) is 58.9 Å². The lowest BCUT2D eigenvalue weighted by molar-refractivity contribution is -0.148. The molecule has 0 amide bonds. The van der Waals surface area contributed by atoms with Crippen molar-refractivity contribution in [2.75, 3.05) is 27.8 Å². The first kappa shape index (κ1) is 11.0. The Morgan fingerprint density at radius 3 is 2.69 bits per heavy atom. The summed E-state index contributed by atoms with van der Waals surface area (Å²) in [5.74, 6) is 0. The highest BCUT2D eigenvalue weighted by atomic mass is 16.7. The number of nitrogens with zero attached hydrogens (tertiary/aromatic N) is 1. The zero-order valence-corrected chi connectivity index (χ0v) is 8.40. The topological polar surface area (TPSA) is 30.9 Å². The zero-order valence-electron chi connectivity index (χ0n) is 8.40. The summed E-state index contributed by atoms with van der Waals surface area (Å²) in [6.07, 6.45) is 0.837. The Bertz CT molecular complexity index is 156. The average molecular weight is 185 g/mol. The van der Waals surface area contributed by atoms with Gasteiger partial charge in [0.2, 0.25) is 0 Å². The van der Waals surface area contributed by atoms with E-state index in [1.54, 1.807) is 12.2 Å². The summed E-state index contributed by atoms with van der Waals surface area (Å²) >= 11 is 0. The minimum Gasteiger partial charge on any atom is -0.380 e. The van der Waals surface area contributed by atoms with Crippen LogP contribution in [0, 0.1) is 0 Å². The largest absolute Gasteiger partial charge is 0.380 e. The summed E-state index contributed by atoms with van der Waals surface area (Å²) in [4.78, 5) is 5.26. The Morgan fingerprint density at radius 2 is 2.23 bits per heavy atom. The van der Waals surface area contributed by atoms with Crippen molar-refractivity contribution in [1.29, 1.82) is 0 Å². The average Bonchev–Trinajstić information content (AvgIpc) is 2.43. The predicted molar refractivity (Wildman–Crippen MR) is 49.5 cm³/mol.